The predicted octanol–water partition coefficient (Wildman–Crippen LogP) is 6.21. The topological polar surface area (TPSA) is 128 Å². The first kappa shape index (κ1) is 37.6. The van der Waals surface area contributed by atoms with Gasteiger partial charge in [0, 0.05) is 62.1 Å². The minimum absolute atomic E-state index is 0.101. The van der Waals surface area contributed by atoms with Crippen LogP contribution in [0.25, 0.3) is 20.4 Å². The summed E-state index contributed by atoms with van der Waals surface area (Å²) in [5, 5.41) is 17.0. The molecule has 2 unspecified atom stereocenters. The number of aromatic nitrogens is 2. The maximum atomic E-state index is 14.3. The van der Waals surface area contributed by atoms with Crippen molar-refractivity contribution in [1.29, 1.82) is 0 Å². The van der Waals surface area contributed by atoms with Crippen LogP contribution in [0.3, 0.4) is 0 Å². The number of aliphatic hydroxyl groups is 1. The molecular formula is C39H32F4N6O4S2. The van der Waals surface area contributed by atoms with Crippen molar-refractivity contribution in [2.24, 2.45) is 0 Å². The summed E-state index contributed by atoms with van der Waals surface area (Å²) in [6.07, 6.45) is 0.186. The lowest BCUT2D eigenvalue weighted by Crippen LogP contribution is -2.54. The van der Waals surface area contributed by atoms with Gasteiger partial charge >= 0.3 is 0 Å². The Morgan fingerprint density at radius 2 is 1.36 bits per heavy atom. The number of fused-ring (bicyclic) bond motifs is 2. The molecule has 0 bridgehead atoms. The van der Waals surface area contributed by atoms with Crippen LogP contribution in [0.15, 0.2) is 96.0 Å². The lowest BCUT2D eigenvalue weighted by atomic mass is 10.0. The van der Waals surface area contributed by atoms with Crippen molar-refractivity contribution >= 4 is 72.2 Å². The van der Waals surface area contributed by atoms with Gasteiger partial charge in [-0.15, -0.1) is 22.7 Å². The Kier molecular flexibility index (Phi) is 10.4. The third kappa shape index (κ3) is 8.06. The number of carbonyl (C=O) groups is 3. The molecule has 16 heteroatoms. The molecule has 3 amide bonds. The Balaban J connectivity index is 1.11. The molecule has 1 aliphatic rings. The number of nitrogens with zero attached hydrogens (tertiary/aromatic N) is 4. The van der Waals surface area contributed by atoms with E-state index in [2.05, 4.69) is 20.6 Å². The Labute approximate surface area is 319 Å². The fourth-order valence-corrected chi connectivity index (χ4v) is 8.05. The van der Waals surface area contributed by atoms with Gasteiger partial charge in [-0.25, -0.2) is 27.5 Å². The van der Waals surface area contributed by atoms with Crippen LogP contribution in [0.4, 0.5) is 28.9 Å². The summed E-state index contributed by atoms with van der Waals surface area (Å²) >= 11 is 2.87. The van der Waals surface area contributed by atoms with Gasteiger partial charge in [0.05, 0.1) is 37.0 Å². The molecule has 0 saturated heterocycles. The zero-order valence-electron chi connectivity index (χ0n) is 29.2. The van der Waals surface area contributed by atoms with Crippen molar-refractivity contribution in [3.63, 3.8) is 0 Å². The van der Waals surface area contributed by atoms with E-state index in [1.807, 2.05) is 6.07 Å². The number of nitrogens with one attached hydrogen (secondary N) is 2. The third-order valence-corrected chi connectivity index (χ3v) is 11.2. The quantitative estimate of drug-likeness (QED) is 0.0766. The van der Waals surface area contributed by atoms with E-state index in [4.69, 9.17) is 0 Å². The number of amides is 3. The fraction of sp³-hybridized carbons (Fsp3) is 0.205. The van der Waals surface area contributed by atoms with Crippen molar-refractivity contribution in [2.75, 3.05) is 23.9 Å². The summed E-state index contributed by atoms with van der Waals surface area (Å²) in [6, 6.07) is 15.0. The number of aliphatic hydroxyl groups excluding tert-OH is 1. The van der Waals surface area contributed by atoms with Gasteiger partial charge in [0.1, 0.15) is 29.3 Å². The molecule has 0 aliphatic heterocycles. The van der Waals surface area contributed by atoms with Crippen LogP contribution in [0, 0.1) is 23.3 Å². The molecular weight excluding hydrogens is 757 g/mol. The van der Waals surface area contributed by atoms with Gasteiger partial charge in [-0.3, -0.25) is 14.4 Å². The van der Waals surface area contributed by atoms with Crippen LogP contribution in [0.1, 0.15) is 23.5 Å². The molecule has 4 atom stereocenters. The van der Waals surface area contributed by atoms with Crippen LogP contribution >= 0.6 is 22.7 Å². The molecule has 0 spiro atoms. The van der Waals surface area contributed by atoms with Crippen LogP contribution in [-0.4, -0.2) is 64.7 Å². The van der Waals surface area contributed by atoms with E-state index in [9.17, 15) is 37.1 Å². The molecule has 3 N–H and O–H groups in total. The second-order valence-corrected chi connectivity index (χ2v) is 15.0. The number of halogens is 4. The molecule has 2 heterocycles. The summed E-state index contributed by atoms with van der Waals surface area (Å²) in [6.45, 7) is 0. The maximum absolute atomic E-state index is 14.3. The van der Waals surface area contributed by atoms with E-state index in [-0.39, 0.29) is 24.0 Å². The number of rotatable bonds is 12. The Morgan fingerprint density at radius 1 is 0.818 bits per heavy atom. The highest BCUT2D eigenvalue weighted by Gasteiger charge is 2.62. The average molecular weight is 789 g/mol. The van der Waals surface area contributed by atoms with Crippen molar-refractivity contribution in [2.45, 2.75) is 36.6 Å². The highest BCUT2D eigenvalue weighted by molar-refractivity contribution is 7.17. The summed E-state index contributed by atoms with van der Waals surface area (Å²) in [5.74, 6) is -6.40. The smallest absolute Gasteiger partial charge is 0.249 e. The summed E-state index contributed by atoms with van der Waals surface area (Å²) in [4.78, 5) is 51.9. The number of hydrogen-bond acceptors (Lipinski definition) is 9. The SMILES string of the molecule is CN(C(=O)[C@H](Cc1cc(F)cc(F)c1)NC(=O)/C=C\C(=O)NC1(C(O)N(C)c2ccc3scnc3c2)C[C@@H]1c1cc(F)cc(F)c1)c1ccc2scnc2c1. The molecule has 1 aliphatic carbocycles. The predicted molar refractivity (Wildman–Crippen MR) is 203 cm³/mol. The number of hydrogen-bond donors (Lipinski definition) is 3. The highest BCUT2D eigenvalue weighted by atomic mass is 32.1. The lowest BCUT2D eigenvalue weighted by Gasteiger charge is -2.34. The van der Waals surface area contributed by atoms with E-state index in [1.165, 1.54) is 39.5 Å². The van der Waals surface area contributed by atoms with Gasteiger partial charge < -0.3 is 25.5 Å². The van der Waals surface area contributed by atoms with Gasteiger partial charge in [-0.1, -0.05) is 0 Å². The molecule has 2 aromatic heterocycles. The molecule has 4 aromatic carbocycles. The maximum Gasteiger partial charge on any atom is 0.249 e. The van der Waals surface area contributed by atoms with Crippen LogP contribution < -0.4 is 20.4 Å². The molecule has 10 nitrogen and oxygen atoms in total. The minimum atomic E-state index is -1.44. The second kappa shape index (κ2) is 15.2. The Hall–Kier alpha value is -5.71. The second-order valence-electron chi connectivity index (χ2n) is 13.3. The normalized spacial score (nSPS) is 17.6. The monoisotopic (exact) mass is 788 g/mol. The van der Waals surface area contributed by atoms with Crippen molar-refractivity contribution in [1.82, 2.24) is 20.6 Å². The molecule has 1 saturated carbocycles. The summed E-state index contributed by atoms with van der Waals surface area (Å²) in [7, 11) is 3.09. The van der Waals surface area contributed by atoms with Crippen molar-refractivity contribution in [3.8, 4) is 0 Å². The molecule has 55 heavy (non-hydrogen) atoms. The van der Waals surface area contributed by atoms with E-state index >= 15 is 0 Å². The fourth-order valence-electron chi connectivity index (χ4n) is 6.73. The molecule has 1 fully saturated rings. The summed E-state index contributed by atoms with van der Waals surface area (Å²) < 4.78 is 58.6. The molecule has 282 valence electrons. The molecule has 0 radical (unpaired) electrons. The summed E-state index contributed by atoms with van der Waals surface area (Å²) in [5.41, 5.74) is 4.60. The highest BCUT2D eigenvalue weighted by Crippen LogP contribution is 2.55. The molecule has 7 rings (SSSR count). The van der Waals surface area contributed by atoms with Gasteiger partial charge in [0.2, 0.25) is 17.7 Å². The lowest BCUT2D eigenvalue weighted by molar-refractivity contribution is -0.125. The zero-order chi connectivity index (χ0) is 39.0. The van der Waals surface area contributed by atoms with Gasteiger partial charge in [-0.2, -0.15) is 0 Å². The van der Waals surface area contributed by atoms with Crippen LogP contribution in [0.2, 0.25) is 0 Å². The van der Waals surface area contributed by atoms with E-state index < -0.39 is 64.7 Å². The van der Waals surface area contributed by atoms with E-state index in [1.54, 1.807) is 48.4 Å². The van der Waals surface area contributed by atoms with Gasteiger partial charge in [0.25, 0.3) is 0 Å². The van der Waals surface area contributed by atoms with E-state index in [0.717, 1.165) is 51.9 Å². The number of benzene rings is 4. The average Bonchev–Trinajstić information content (AvgIpc) is 3.43. The van der Waals surface area contributed by atoms with E-state index in [0.29, 0.717) is 28.5 Å². The largest absolute Gasteiger partial charge is 0.371 e. The standard InChI is InChI=1S/C39H32F4N6O4S2/c1-48(27-3-5-33-30(16-27)44-19-54-33)37(52)32(11-21-9-23(40)14-24(41)10-21)46-35(50)7-8-36(51)47-39(18-29(39)22-12-25(42)15-26(43)13-22)38(53)49(2)28-4-6-34-31(17-28)45-20-55-34/h3-10,12-17,19-20,29,32,38,53H,11,18H2,1-2H3,(H,46,50)(H,47,51)/b8-7-/t29-,32+,38?,39?/m1/s1. The number of likely N-dealkylation sites (N-methyl/N-ethyl adjacent to an activating group) is 2. The van der Waals surface area contributed by atoms with Gasteiger partial charge in [-0.05, 0) is 78.2 Å². The molecule has 6 aromatic rings. The van der Waals surface area contributed by atoms with Crippen molar-refractivity contribution in [3.05, 3.63) is 130 Å². The first-order chi connectivity index (χ1) is 26.3. The number of thiazole rings is 2. The number of carbonyl (C=O) groups excluding carboxylic acids is 3. The van der Waals surface area contributed by atoms with Crippen LogP contribution in [-0.2, 0) is 20.8 Å². The van der Waals surface area contributed by atoms with Crippen molar-refractivity contribution < 1.29 is 37.1 Å². The minimum Gasteiger partial charge on any atom is -0.371 e. The third-order valence-electron chi connectivity index (χ3n) is 9.59. The zero-order valence-corrected chi connectivity index (χ0v) is 30.8. The van der Waals surface area contributed by atoms with Crippen LogP contribution in [0.5, 0.6) is 0 Å². The van der Waals surface area contributed by atoms with Gasteiger partial charge in [0.15, 0.2) is 6.23 Å². The first-order valence-electron chi connectivity index (χ1n) is 16.9. The first-order valence-corrected chi connectivity index (χ1v) is 18.6. The Bertz CT molecular complexity index is 2440. The number of anilines is 2. The Morgan fingerprint density at radius 3 is 1.98 bits per heavy atom.